The van der Waals surface area contributed by atoms with Crippen LogP contribution in [0.2, 0.25) is 5.02 Å². The Hall–Kier alpha value is -1.22. The number of Topliss-reactive ketones (excluding diaryl/α,β-unsaturated/α-hetero) is 2. The largest absolute Gasteiger partial charge is 0.298 e. The van der Waals surface area contributed by atoms with Gasteiger partial charge in [0, 0.05) is 23.4 Å². The third kappa shape index (κ3) is 2.64. The second kappa shape index (κ2) is 5.53. The van der Waals surface area contributed by atoms with E-state index in [9.17, 15) is 14.0 Å². The van der Waals surface area contributed by atoms with Gasteiger partial charge in [-0.25, -0.2) is 4.39 Å². The molecule has 112 valence electrons. The van der Waals surface area contributed by atoms with Crippen LogP contribution in [0.15, 0.2) is 18.2 Å². The topological polar surface area (TPSA) is 34.1 Å². The Kier molecular flexibility index (Phi) is 3.87. The molecule has 0 atom stereocenters. The highest BCUT2D eigenvalue weighted by Gasteiger charge is 2.46. The van der Waals surface area contributed by atoms with E-state index >= 15 is 0 Å². The van der Waals surface area contributed by atoms with E-state index in [1.807, 2.05) is 0 Å². The van der Waals surface area contributed by atoms with Crippen LogP contribution >= 0.6 is 11.6 Å². The summed E-state index contributed by atoms with van der Waals surface area (Å²) in [5.41, 5.74) is -0.0967. The number of rotatable bonds is 1. The zero-order valence-electron chi connectivity index (χ0n) is 11.8. The summed E-state index contributed by atoms with van der Waals surface area (Å²) in [5, 5.41) is 0.168. The molecule has 0 aromatic heterocycles. The summed E-state index contributed by atoms with van der Waals surface area (Å²) in [6.07, 6.45) is 5.95. The Bertz CT molecular complexity index is 550. The Morgan fingerprint density at radius 1 is 1.05 bits per heavy atom. The van der Waals surface area contributed by atoms with Crippen molar-refractivity contribution in [2.75, 3.05) is 0 Å². The number of carbonyl (C=O) groups excluding carboxylic acids is 2. The van der Waals surface area contributed by atoms with Crippen LogP contribution in [0.4, 0.5) is 4.39 Å². The summed E-state index contributed by atoms with van der Waals surface area (Å²) >= 11 is 6.03. The van der Waals surface area contributed by atoms with E-state index in [1.54, 1.807) is 0 Å². The van der Waals surface area contributed by atoms with Gasteiger partial charge in [-0.05, 0) is 30.4 Å². The molecular weight excluding hydrogens is 291 g/mol. The average molecular weight is 309 g/mol. The van der Waals surface area contributed by atoms with Crippen molar-refractivity contribution in [3.8, 4) is 0 Å². The zero-order valence-corrected chi connectivity index (χ0v) is 12.6. The molecule has 0 radical (unpaired) electrons. The van der Waals surface area contributed by atoms with Gasteiger partial charge in [0.05, 0.1) is 0 Å². The number of carbonyl (C=O) groups is 2. The third-order valence-electron chi connectivity index (χ3n) is 4.95. The molecule has 2 saturated carbocycles. The SMILES string of the molecule is O=C1CC2(CCCCC2)CC(=O)C1c1c(F)cccc1Cl. The summed E-state index contributed by atoms with van der Waals surface area (Å²) in [4.78, 5) is 25.1. The summed E-state index contributed by atoms with van der Waals surface area (Å²) in [6, 6.07) is 4.28. The smallest absolute Gasteiger partial charge is 0.148 e. The first-order valence-electron chi connectivity index (χ1n) is 7.52. The highest BCUT2D eigenvalue weighted by atomic mass is 35.5. The van der Waals surface area contributed by atoms with Gasteiger partial charge in [-0.1, -0.05) is 36.9 Å². The van der Waals surface area contributed by atoms with Crippen molar-refractivity contribution in [1.82, 2.24) is 0 Å². The summed E-state index contributed by atoms with van der Waals surface area (Å²) in [6.45, 7) is 0. The highest BCUT2D eigenvalue weighted by molar-refractivity contribution is 6.32. The lowest BCUT2D eigenvalue weighted by Gasteiger charge is -2.41. The molecule has 1 aromatic carbocycles. The molecule has 2 fully saturated rings. The first-order valence-corrected chi connectivity index (χ1v) is 7.90. The predicted molar refractivity (Wildman–Crippen MR) is 78.9 cm³/mol. The quantitative estimate of drug-likeness (QED) is 0.718. The van der Waals surface area contributed by atoms with Crippen molar-refractivity contribution in [3.05, 3.63) is 34.6 Å². The zero-order chi connectivity index (χ0) is 15.0. The second-order valence-electron chi connectivity index (χ2n) is 6.42. The van der Waals surface area contributed by atoms with Gasteiger partial charge in [-0.2, -0.15) is 0 Å². The van der Waals surface area contributed by atoms with Crippen LogP contribution in [-0.4, -0.2) is 11.6 Å². The van der Waals surface area contributed by atoms with Crippen LogP contribution in [0.5, 0.6) is 0 Å². The van der Waals surface area contributed by atoms with Crippen LogP contribution in [0.25, 0.3) is 0 Å². The summed E-state index contributed by atoms with van der Waals surface area (Å²) < 4.78 is 14.0. The molecular formula is C17H18ClFO2. The molecule has 0 saturated heterocycles. The van der Waals surface area contributed by atoms with E-state index in [0.29, 0.717) is 12.8 Å². The van der Waals surface area contributed by atoms with Crippen LogP contribution in [0.3, 0.4) is 0 Å². The fourth-order valence-corrected chi connectivity index (χ4v) is 4.22. The lowest BCUT2D eigenvalue weighted by molar-refractivity contribution is -0.137. The fraction of sp³-hybridized carbons (Fsp3) is 0.529. The van der Waals surface area contributed by atoms with Gasteiger partial charge >= 0.3 is 0 Å². The molecule has 2 aliphatic rings. The number of halogens is 2. The van der Waals surface area contributed by atoms with Crippen molar-refractivity contribution in [3.63, 3.8) is 0 Å². The molecule has 0 amide bonds. The predicted octanol–water partition coefficient (Wildman–Crippen LogP) is 4.45. The molecule has 1 aromatic rings. The molecule has 4 heteroatoms. The summed E-state index contributed by atoms with van der Waals surface area (Å²) in [5.74, 6) is -1.90. The van der Waals surface area contributed by atoms with Gasteiger partial charge < -0.3 is 0 Å². The third-order valence-corrected chi connectivity index (χ3v) is 5.27. The van der Waals surface area contributed by atoms with Gasteiger partial charge in [0.15, 0.2) is 0 Å². The highest BCUT2D eigenvalue weighted by Crippen LogP contribution is 2.49. The van der Waals surface area contributed by atoms with Crippen LogP contribution in [0, 0.1) is 11.2 Å². The van der Waals surface area contributed by atoms with Gasteiger partial charge in [0.1, 0.15) is 23.3 Å². The molecule has 0 heterocycles. The average Bonchev–Trinajstić information content (AvgIpc) is 2.42. The normalized spacial score (nSPS) is 22.8. The van der Waals surface area contributed by atoms with Crippen LogP contribution in [-0.2, 0) is 9.59 Å². The molecule has 2 nitrogen and oxygen atoms in total. The molecule has 1 spiro atoms. The van der Waals surface area contributed by atoms with Gasteiger partial charge in [0.25, 0.3) is 0 Å². The Morgan fingerprint density at radius 2 is 1.67 bits per heavy atom. The van der Waals surface area contributed by atoms with Crippen molar-refractivity contribution in [1.29, 1.82) is 0 Å². The van der Waals surface area contributed by atoms with Crippen molar-refractivity contribution >= 4 is 23.2 Å². The maximum atomic E-state index is 14.0. The van der Waals surface area contributed by atoms with Crippen molar-refractivity contribution < 1.29 is 14.0 Å². The number of benzene rings is 1. The Balaban J connectivity index is 1.92. The number of hydrogen-bond donors (Lipinski definition) is 0. The van der Waals surface area contributed by atoms with E-state index < -0.39 is 11.7 Å². The Morgan fingerprint density at radius 3 is 2.24 bits per heavy atom. The minimum absolute atomic E-state index is 0.0693. The van der Waals surface area contributed by atoms with E-state index in [-0.39, 0.29) is 27.6 Å². The summed E-state index contributed by atoms with van der Waals surface area (Å²) in [7, 11) is 0. The maximum Gasteiger partial charge on any atom is 0.148 e. The van der Waals surface area contributed by atoms with E-state index in [2.05, 4.69) is 0 Å². The number of ketones is 2. The van der Waals surface area contributed by atoms with Gasteiger partial charge in [-0.3, -0.25) is 9.59 Å². The molecule has 0 bridgehead atoms. The number of hydrogen-bond acceptors (Lipinski definition) is 2. The van der Waals surface area contributed by atoms with E-state index in [1.165, 1.54) is 24.6 Å². The van der Waals surface area contributed by atoms with Gasteiger partial charge in [-0.15, -0.1) is 0 Å². The lowest BCUT2D eigenvalue weighted by atomic mass is 9.61. The minimum Gasteiger partial charge on any atom is -0.298 e. The van der Waals surface area contributed by atoms with E-state index in [4.69, 9.17) is 11.6 Å². The second-order valence-corrected chi connectivity index (χ2v) is 6.82. The molecule has 21 heavy (non-hydrogen) atoms. The van der Waals surface area contributed by atoms with Crippen LogP contribution in [0.1, 0.15) is 56.4 Å². The Labute approximate surface area is 128 Å². The fourth-order valence-electron chi connectivity index (χ4n) is 3.95. The first-order chi connectivity index (χ1) is 10.0. The maximum absolute atomic E-state index is 14.0. The monoisotopic (exact) mass is 308 g/mol. The van der Waals surface area contributed by atoms with Crippen molar-refractivity contribution in [2.45, 2.75) is 50.9 Å². The van der Waals surface area contributed by atoms with Gasteiger partial charge in [0.2, 0.25) is 0 Å². The lowest BCUT2D eigenvalue weighted by Crippen LogP contribution is -2.40. The first kappa shape index (κ1) is 14.7. The molecule has 0 aliphatic heterocycles. The molecule has 0 unspecified atom stereocenters. The van der Waals surface area contributed by atoms with E-state index in [0.717, 1.165) is 25.7 Å². The molecule has 0 N–H and O–H groups in total. The molecule has 2 aliphatic carbocycles. The molecule has 3 rings (SSSR count). The minimum atomic E-state index is -1.01. The van der Waals surface area contributed by atoms with Crippen LogP contribution < -0.4 is 0 Å². The van der Waals surface area contributed by atoms with Crippen molar-refractivity contribution in [2.24, 2.45) is 5.41 Å². The standard InChI is InChI=1S/C17H18ClFO2/c18-11-5-4-6-12(19)15(11)16-13(20)9-17(10-14(16)21)7-2-1-3-8-17/h4-6,16H,1-3,7-10H2.